The van der Waals surface area contributed by atoms with Crippen molar-refractivity contribution in [3.63, 3.8) is 0 Å². The second-order valence-electron chi connectivity index (χ2n) is 7.93. The molecule has 0 bridgehead atoms. The van der Waals surface area contributed by atoms with E-state index in [4.69, 9.17) is 11.6 Å². The molecular weight excluding hydrogens is 433 g/mol. The average Bonchev–Trinajstić information content (AvgIpc) is 3.45. The van der Waals surface area contributed by atoms with Crippen LogP contribution in [0.15, 0.2) is 65.8 Å². The fourth-order valence-corrected chi connectivity index (χ4v) is 4.50. The summed E-state index contributed by atoms with van der Waals surface area (Å²) in [6.07, 6.45) is 5.89. The van der Waals surface area contributed by atoms with Gasteiger partial charge in [-0.2, -0.15) is 5.10 Å². The minimum atomic E-state index is -0.725. The minimum absolute atomic E-state index is 0.240. The van der Waals surface area contributed by atoms with E-state index in [-0.39, 0.29) is 17.1 Å². The molecule has 1 saturated carbocycles. The molecule has 9 heteroatoms. The number of carbonyl (C=O) groups is 1. The lowest BCUT2D eigenvalue weighted by Gasteiger charge is -2.28. The third-order valence-electron chi connectivity index (χ3n) is 6.07. The molecule has 1 amide bonds. The fourth-order valence-electron chi connectivity index (χ4n) is 4.37. The number of rotatable bonds is 4. The van der Waals surface area contributed by atoms with Crippen LogP contribution in [0.25, 0.3) is 16.7 Å². The van der Waals surface area contributed by atoms with Crippen LogP contribution in [0.3, 0.4) is 0 Å². The molecule has 7 nitrogen and oxygen atoms in total. The van der Waals surface area contributed by atoms with E-state index in [1.54, 1.807) is 24.3 Å². The molecule has 0 aliphatic heterocycles. The van der Waals surface area contributed by atoms with Gasteiger partial charge in [0.25, 0.3) is 5.56 Å². The van der Waals surface area contributed by atoms with E-state index in [1.807, 2.05) is 12.1 Å². The van der Waals surface area contributed by atoms with Crippen molar-refractivity contribution in [3.05, 3.63) is 87.8 Å². The van der Waals surface area contributed by atoms with Crippen molar-refractivity contribution in [1.82, 2.24) is 19.4 Å². The summed E-state index contributed by atoms with van der Waals surface area (Å²) in [6, 6.07) is 13.0. The van der Waals surface area contributed by atoms with Crippen LogP contribution >= 0.6 is 11.6 Å². The number of nitrogens with zero attached hydrogens (tertiary/aromatic N) is 4. The van der Waals surface area contributed by atoms with Gasteiger partial charge >= 0.3 is 0 Å². The normalized spacial score (nSPS) is 15.2. The maximum atomic E-state index is 13.4. The van der Waals surface area contributed by atoms with Crippen LogP contribution in [0, 0.1) is 5.82 Å². The summed E-state index contributed by atoms with van der Waals surface area (Å²) >= 11 is 6.02. The lowest BCUT2D eigenvalue weighted by Crippen LogP contribution is -2.44. The van der Waals surface area contributed by atoms with E-state index in [0.717, 1.165) is 23.1 Å². The minimum Gasteiger partial charge on any atom is -0.272 e. The second kappa shape index (κ2) is 7.87. The van der Waals surface area contributed by atoms with Gasteiger partial charge in [-0.1, -0.05) is 36.6 Å². The number of hydrogen-bond donors (Lipinski definition) is 1. The Hall–Kier alpha value is -3.52. The summed E-state index contributed by atoms with van der Waals surface area (Å²) in [5, 5.41) is 5.06. The fraction of sp³-hybridized carbons (Fsp3) is 0.217. The van der Waals surface area contributed by atoms with Crippen molar-refractivity contribution >= 4 is 28.5 Å². The van der Waals surface area contributed by atoms with E-state index in [0.29, 0.717) is 29.2 Å². The molecule has 2 heterocycles. The topological polar surface area (TPSA) is 81.8 Å². The number of fused-ring (bicyclic) bond motifs is 1. The SMILES string of the molecule is O=C(Nn1cnc2c(cnn2-c2ccc(F)cc2)c1=O)C1(c2ccc(Cl)cc2)CCCC1. The maximum absolute atomic E-state index is 13.4. The Balaban J connectivity index is 1.49. The molecule has 1 fully saturated rings. The molecule has 1 aliphatic carbocycles. The smallest absolute Gasteiger partial charge is 0.272 e. The van der Waals surface area contributed by atoms with Gasteiger partial charge in [0, 0.05) is 5.02 Å². The van der Waals surface area contributed by atoms with Gasteiger partial charge in [-0.3, -0.25) is 15.0 Å². The highest BCUT2D eigenvalue weighted by Gasteiger charge is 2.43. The first-order valence-corrected chi connectivity index (χ1v) is 10.6. The quantitative estimate of drug-likeness (QED) is 0.509. The zero-order valence-corrected chi connectivity index (χ0v) is 17.7. The zero-order chi connectivity index (χ0) is 22.3. The summed E-state index contributed by atoms with van der Waals surface area (Å²) in [6.45, 7) is 0. The van der Waals surface area contributed by atoms with Gasteiger partial charge in [0.1, 0.15) is 17.5 Å². The highest BCUT2D eigenvalue weighted by molar-refractivity contribution is 6.30. The van der Waals surface area contributed by atoms with Crippen LogP contribution < -0.4 is 11.0 Å². The second-order valence-corrected chi connectivity index (χ2v) is 8.36. The van der Waals surface area contributed by atoms with Crippen LogP contribution in [0.4, 0.5) is 4.39 Å². The lowest BCUT2D eigenvalue weighted by molar-refractivity contribution is -0.122. The van der Waals surface area contributed by atoms with Gasteiger partial charge < -0.3 is 0 Å². The number of halogens is 2. The van der Waals surface area contributed by atoms with Gasteiger partial charge in [0.15, 0.2) is 5.65 Å². The number of aromatic nitrogens is 4. The lowest BCUT2D eigenvalue weighted by atomic mass is 9.78. The molecule has 2 aromatic carbocycles. The first-order chi connectivity index (χ1) is 15.5. The van der Waals surface area contributed by atoms with Crippen LogP contribution in [0.2, 0.25) is 5.02 Å². The van der Waals surface area contributed by atoms with Gasteiger partial charge in [-0.05, 0) is 54.8 Å². The molecule has 1 N–H and O–H groups in total. The molecule has 4 aromatic rings. The number of amides is 1. The molecule has 0 atom stereocenters. The Kier molecular flexibility index (Phi) is 5.01. The van der Waals surface area contributed by atoms with Gasteiger partial charge in [0.2, 0.25) is 5.91 Å². The number of hydrogen-bond acceptors (Lipinski definition) is 4. The monoisotopic (exact) mass is 451 g/mol. The Morgan fingerprint density at radius 3 is 2.44 bits per heavy atom. The predicted molar refractivity (Wildman–Crippen MR) is 119 cm³/mol. The summed E-state index contributed by atoms with van der Waals surface area (Å²) in [7, 11) is 0. The summed E-state index contributed by atoms with van der Waals surface area (Å²) in [4.78, 5) is 30.7. The average molecular weight is 452 g/mol. The maximum Gasteiger partial charge on any atom is 0.283 e. The van der Waals surface area contributed by atoms with Gasteiger partial charge in [0.05, 0.1) is 17.3 Å². The molecule has 2 aromatic heterocycles. The number of carbonyl (C=O) groups excluding carboxylic acids is 1. The molecule has 1 aliphatic rings. The van der Waals surface area contributed by atoms with E-state index >= 15 is 0 Å². The van der Waals surface area contributed by atoms with Crippen LogP contribution in [0.5, 0.6) is 0 Å². The van der Waals surface area contributed by atoms with Crippen LogP contribution in [-0.2, 0) is 10.2 Å². The Morgan fingerprint density at radius 1 is 1.06 bits per heavy atom. The van der Waals surface area contributed by atoms with Crippen LogP contribution in [0.1, 0.15) is 31.2 Å². The third kappa shape index (κ3) is 3.36. The summed E-state index contributed by atoms with van der Waals surface area (Å²) < 4.78 is 15.8. The molecule has 32 heavy (non-hydrogen) atoms. The highest BCUT2D eigenvalue weighted by atomic mass is 35.5. The third-order valence-corrected chi connectivity index (χ3v) is 6.32. The van der Waals surface area contributed by atoms with Crippen molar-refractivity contribution in [2.45, 2.75) is 31.1 Å². The standard InChI is InChI=1S/C23H19ClFN5O2/c24-16-5-3-15(4-6-16)23(11-1-2-12-23)22(32)28-29-14-26-20-19(21(29)31)13-27-30(20)18-9-7-17(25)8-10-18/h3-10,13-14H,1-2,11-12H2,(H,28,32). The first-order valence-electron chi connectivity index (χ1n) is 10.3. The first kappa shape index (κ1) is 20.4. The van der Waals surface area contributed by atoms with Crippen molar-refractivity contribution in [1.29, 1.82) is 0 Å². The van der Waals surface area contributed by atoms with Crippen molar-refractivity contribution in [3.8, 4) is 5.69 Å². The number of nitrogens with one attached hydrogen (secondary N) is 1. The van der Waals surface area contributed by atoms with Crippen molar-refractivity contribution in [2.24, 2.45) is 0 Å². The highest BCUT2D eigenvalue weighted by Crippen LogP contribution is 2.41. The number of benzene rings is 2. The molecule has 5 rings (SSSR count). The molecule has 0 spiro atoms. The van der Waals surface area contributed by atoms with E-state index < -0.39 is 11.0 Å². The summed E-state index contributed by atoms with van der Waals surface area (Å²) in [5.74, 6) is -0.628. The molecule has 0 radical (unpaired) electrons. The van der Waals surface area contributed by atoms with Crippen LogP contribution in [-0.4, -0.2) is 25.3 Å². The van der Waals surface area contributed by atoms with E-state index in [9.17, 15) is 14.0 Å². The van der Waals surface area contributed by atoms with Crippen molar-refractivity contribution in [2.75, 3.05) is 5.43 Å². The Morgan fingerprint density at radius 2 is 1.75 bits per heavy atom. The predicted octanol–water partition coefficient (Wildman–Crippen LogP) is 3.96. The zero-order valence-electron chi connectivity index (χ0n) is 17.0. The van der Waals surface area contributed by atoms with E-state index in [2.05, 4.69) is 15.5 Å². The molecule has 0 saturated heterocycles. The Labute approximate surface area is 187 Å². The molecule has 162 valence electrons. The van der Waals surface area contributed by atoms with Gasteiger partial charge in [-0.15, -0.1) is 0 Å². The van der Waals surface area contributed by atoms with Gasteiger partial charge in [-0.25, -0.2) is 18.7 Å². The van der Waals surface area contributed by atoms with Crippen molar-refractivity contribution < 1.29 is 9.18 Å². The summed E-state index contributed by atoms with van der Waals surface area (Å²) in [5.41, 5.74) is 3.34. The Bertz CT molecular complexity index is 1360. The largest absolute Gasteiger partial charge is 0.283 e. The molecular formula is C23H19ClFN5O2. The van der Waals surface area contributed by atoms with E-state index in [1.165, 1.54) is 29.3 Å². The molecule has 0 unspecified atom stereocenters.